The molecule has 5 heteroatoms. The molecule has 1 amide bonds. The molecular weight excluding hydrogens is 256 g/mol. The summed E-state index contributed by atoms with van der Waals surface area (Å²) >= 11 is 0. The largest absolute Gasteiger partial charge is 0.497 e. The fraction of sp³-hybridized carbons (Fsp3) is 0.533. The van der Waals surface area contributed by atoms with Crippen molar-refractivity contribution in [2.45, 2.75) is 20.3 Å². The number of nitrogens with one attached hydrogen (secondary N) is 1. The molecule has 0 saturated carbocycles. The predicted octanol–water partition coefficient (Wildman–Crippen LogP) is 2.07. The average Bonchev–Trinajstić information content (AvgIpc) is 2.41. The Morgan fingerprint density at radius 2 is 2.15 bits per heavy atom. The summed E-state index contributed by atoms with van der Waals surface area (Å²) in [6, 6.07) is 5.02. The van der Waals surface area contributed by atoms with Gasteiger partial charge in [0.25, 0.3) is 5.91 Å². The normalized spacial score (nSPS) is 10.6. The van der Waals surface area contributed by atoms with Gasteiger partial charge in [0, 0.05) is 31.5 Å². The lowest BCUT2D eigenvalue weighted by atomic mass is 10.1. The highest BCUT2D eigenvalue weighted by molar-refractivity contribution is 5.99. The van der Waals surface area contributed by atoms with Gasteiger partial charge in [-0.2, -0.15) is 0 Å². The van der Waals surface area contributed by atoms with Crippen molar-refractivity contribution in [3.8, 4) is 5.75 Å². The number of hydrogen-bond donors (Lipinski definition) is 2. The van der Waals surface area contributed by atoms with E-state index in [-0.39, 0.29) is 5.91 Å². The Bertz CT molecular complexity index is 433. The summed E-state index contributed by atoms with van der Waals surface area (Å²) in [7, 11) is 1.56. The zero-order valence-electron chi connectivity index (χ0n) is 12.4. The molecule has 3 N–H and O–H groups in total. The summed E-state index contributed by atoms with van der Waals surface area (Å²) < 4.78 is 10.5. The Hall–Kier alpha value is -1.75. The fourth-order valence-corrected chi connectivity index (χ4v) is 1.66. The van der Waals surface area contributed by atoms with E-state index in [4.69, 9.17) is 15.2 Å². The minimum Gasteiger partial charge on any atom is -0.497 e. The van der Waals surface area contributed by atoms with Crippen molar-refractivity contribution in [3.63, 3.8) is 0 Å². The zero-order chi connectivity index (χ0) is 15.0. The topological polar surface area (TPSA) is 73.6 Å². The van der Waals surface area contributed by atoms with Gasteiger partial charge in [-0.15, -0.1) is 0 Å². The molecule has 0 aliphatic carbocycles. The summed E-state index contributed by atoms with van der Waals surface area (Å²) in [5.74, 6) is 0.999. The molecule has 0 aliphatic rings. The number of amides is 1. The van der Waals surface area contributed by atoms with Crippen molar-refractivity contribution in [1.29, 1.82) is 0 Å². The van der Waals surface area contributed by atoms with Crippen LogP contribution in [0, 0.1) is 5.92 Å². The zero-order valence-corrected chi connectivity index (χ0v) is 12.4. The van der Waals surface area contributed by atoms with Crippen LogP contribution in [0.2, 0.25) is 0 Å². The van der Waals surface area contributed by atoms with E-state index in [0.29, 0.717) is 36.1 Å². The smallest absolute Gasteiger partial charge is 0.253 e. The van der Waals surface area contributed by atoms with Crippen LogP contribution in [0.25, 0.3) is 0 Å². The van der Waals surface area contributed by atoms with Crippen LogP contribution in [-0.4, -0.2) is 32.8 Å². The number of methoxy groups -OCH3 is 1. The van der Waals surface area contributed by atoms with Crippen LogP contribution < -0.4 is 15.8 Å². The molecule has 5 nitrogen and oxygen atoms in total. The first-order valence-electron chi connectivity index (χ1n) is 6.84. The van der Waals surface area contributed by atoms with Gasteiger partial charge in [0.15, 0.2) is 0 Å². The number of rotatable bonds is 8. The first-order valence-corrected chi connectivity index (χ1v) is 6.84. The van der Waals surface area contributed by atoms with E-state index in [2.05, 4.69) is 19.2 Å². The second kappa shape index (κ2) is 8.43. The molecule has 1 aromatic rings. The van der Waals surface area contributed by atoms with Gasteiger partial charge in [-0.05, 0) is 24.5 Å². The Morgan fingerprint density at radius 1 is 1.40 bits per heavy atom. The number of carbonyl (C=O) groups is 1. The van der Waals surface area contributed by atoms with Crippen molar-refractivity contribution < 1.29 is 14.3 Å². The van der Waals surface area contributed by atoms with Crippen molar-refractivity contribution in [1.82, 2.24) is 5.32 Å². The molecule has 0 aromatic heterocycles. The first-order chi connectivity index (χ1) is 9.54. The van der Waals surface area contributed by atoms with Crippen LogP contribution in [0.5, 0.6) is 5.75 Å². The van der Waals surface area contributed by atoms with Crippen LogP contribution in [-0.2, 0) is 4.74 Å². The lowest BCUT2D eigenvalue weighted by molar-refractivity contribution is 0.0925. The highest BCUT2D eigenvalue weighted by Gasteiger charge is 2.09. The van der Waals surface area contributed by atoms with Gasteiger partial charge in [0.05, 0.1) is 12.7 Å². The van der Waals surface area contributed by atoms with Crippen molar-refractivity contribution in [2.24, 2.45) is 5.92 Å². The molecule has 0 spiro atoms. The number of ether oxygens (including phenoxy) is 2. The van der Waals surface area contributed by atoms with E-state index in [9.17, 15) is 4.79 Å². The number of anilines is 1. The van der Waals surface area contributed by atoms with Crippen LogP contribution in [0.4, 0.5) is 5.69 Å². The van der Waals surface area contributed by atoms with Crippen molar-refractivity contribution in [2.75, 3.05) is 32.6 Å². The average molecular weight is 280 g/mol. The molecule has 0 radical (unpaired) electrons. The predicted molar refractivity (Wildman–Crippen MR) is 80.0 cm³/mol. The van der Waals surface area contributed by atoms with Gasteiger partial charge in [-0.1, -0.05) is 13.8 Å². The molecule has 0 aliphatic heterocycles. The van der Waals surface area contributed by atoms with E-state index < -0.39 is 0 Å². The Labute approximate surface area is 120 Å². The van der Waals surface area contributed by atoms with E-state index in [0.717, 1.165) is 13.0 Å². The minimum absolute atomic E-state index is 0.172. The lowest BCUT2D eigenvalue weighted by Crippen LogP contribution is -2.26. The van der Waals surface area contributed by atoms with Crippen LogP contribution in [0.3, 0.4) is 0 Å². The Kier molecular flexibility index (Phi) is 6.87. The van der Waals surface area contributed by atoms with E-state index in [1.54, 1.807) is 25.3 Å². The molecule has 0 saturated heterocycles. The third kappa shape index (κ3) is 5.48. The number of benzene rings is 1. The molecule has 112 valence electrons. The summed E-state index contributed by atoms with van der Waals surface area (Å²) in [6.07, 6.45) is 0.786. The molecule has 0 heterocycles. The molecule has 1 rings (SSSR count). The second-order valence-electron chi connectivity index (χ2n) is 5.03. The number of carbonyl (C=O) groups excluding carboxylic acids is 1. The molecule has 0 bridgehead atoms. The molecule has 0 unspecified atom stereocenters. The highest BCUT2D eigenvalue weighted by atomic mass is 16.5. The fourth-order valence-electron chi connectivity index (χ4n) is 1.66. The SMILES string of the molecule is COc1ccc(C(=O)NCCCOCC(C)C)c(N)c1. The van der Waals surface area contributed by atoms with Crippen LogP contribution in [0.15, 0.2) is 18.2 Å². The van der Waals surface area contributed by atoms with E-state index in [1.807, 2.05) is 0 Å². The quantitative estimate of drug-likeness (QED) is 0.565. The van der Waals surface area contributed by atoms with Gasteiger partial charge in [0.1, 0.15) is 5.75 Å². The van der Waals surface area contributed by atoms with Crippen molar-refractivity contribution >= 4 is 11.6 Å². The minimum atomic E-state index is -0.172. The maximum Gasteiger partial charge on any atom is 0.253 e. The third-order valence-electron chi connectivity index (χ3n) is 2.71. The van der Waals surface area contributed by atoms with Gasteiger partial charge >= 0.3 is 0 Å². The summed E-state index contributed by atoms with van der Waals surface area (Å²) in [4.78, 5) is 11.9. The standard InChI is InChI=1S/C15H24N2O3/c1-11(2)10-20-8-4-7-17-15(18)13-6-5-12(19-3)9-14(13)16/h5-6,9,11H,4,7-8,10,16H2,1-3H3,(H,17,18). The molecule has 0 fully saturated rings. The van der Waals surface area contributed by atoms with Gasteiger partial charge in [-0.25, -0.2) is 0 Å². The van der Waals surface area contributed by atoms with Crippen molar-refractivity contribution in [3.05, 3.63) is 23.8 Å². The Balaban J connectivity index is 2.32. The maximum absolute atomic E-state index is 11.9. The number of hydrogen-bond acceptors (Lipinski definition) is 4. The summed E-state index contributed by atoms with van der Waals surface area (Å²) in [6.45, 7) is 6.18. The van der Waals surface area contributed by atoms with Gasteiger partial charge < -0.3 is 20.5 Å². The van der Waals surface area contributed by atoms with Gasteiger partial charge in [-0.3, -0.25) is 4.79 Å². The molecule has 0 atom stereocenters. The van der Waals surface area contributed by atoms with Crippen LogP contribution in [0.1, 0.15) is 30.6 Å². The maximum atomic E-state index is 11.9. The number of nitrogens with two attached hydrogens (primary N) is 1. The summed E-state index contributed by atoms with van der Waals surface area (Å²) in [5, 5.41) is 2.83. The second-order valence-corrected chi connectivity index (χ2v) is 5.03. The van der Waals surface area contributed by atoms with E-state index in [1.165, 1.54) is 0 Å². The van der Waals surface area contributed by atoms with E-state index >= 15 is 0 Å². The monoisotopic (exact) mass is 280 g/mol. The molecule has 20 heavy (non-hydrogen) atoms. The van der Waals surface area contributed by atoms with Gasteiger partial charge in [0.2, 0.25) is 0 Å². The highest BCUT2D eigenvalue weighted by Crippen LogP contribution is 2.19. The Morgan fingerprint density at radius 3 is 2.75 bits per heavy atom. The molecule has 1 aromatic carbocycles. The first kappa shape index (κ1) is 16.3. The molecular formula is C15H24N2O3. The lowest BCUT2D eigenvalue weighted by Gasteiger charge is -2.10. The summed E-state index contributed by atoms with van der Waals surface area (Å²) in [5.41, 5.74) is 6.70. The number of nitrogen functional groups attached to an aromatic ring is 1. The van der Waals surface area contributed by atoms with Crippen LogP contribution >= 0.6 is 0 Å². The third-order valence-corrected chi connectivity index (χ3v) is 2.71.